The monoisotopic (exact) mass is 583 g/mol. The molecular formula is C35H45N5O3. The standard InChI is InChI=1S/C35H45N5O3/c1-9-38(10-2)16-15-25-20-36-34(37-21-25)40-18-17-39-23(4)19-27-29(26-13-11-22(3)12-14-26)28(24(5)30(40)31(27)39)32(33(41)42)43-35(6,7)8/h11-14,19-21,32H,9-10,15-18H2,1-8H3,(H,41,42)/t32-/m0/s1. The Bertz CT molecular complexity index is 1610. The average molecular weight is 584 g/mol. The van der Waals surface area contributed by atoms with Crippen molar-refractivity contribution in [2.24, 2.45) is 0 Å². The highest BCUT2D eigenvalue weighted by Gasteiger charge is 2.36. The van der Waals surface area contributed by atoms with Crippen molar-refractivity contribution in [2.75, 3.05) is 31.1 Å². The first-order valence-corrected chi connectivity index (χ1v) is 15.4. The summed E-state index contributed by atoms with van der Waals surface area (Å²) < 4.78 is 8.66. The minimum Gasteiger partial charge on any atom is -0.479 e. The van der Waals surface area contributed by atoms with Gasteiger partial charge in [-0.3, -0.25) is 0 Å². The Morgan fingerprint density at radius 2 is 1.70 bits per heavy atom. The molecule has 0 aliphatic carbocycles. The van der Waals surface area contributed by atoms with Crippen LogP contribution >= 0.6 is 0 Å². The highest BCUT2D eigenvalue weighted by atomic mass is 16.5. The maximum atomic E-state index is 13.0. The molecule has 5 rings (SSSR count). The van der Waals surface area contributed by atoms with Crippen molar-refractivity contribution in [3.63, 3.8) is 0 Å². The van der Waals surface area contributed by atoms with Crippen LogP contribution in [0.25, 0.3) is 22.0 Å². The topological polar surface area (TPSA) is 83.7 Å². The van der Waals surface area contributed by atoms with Crippen LogP contribution in [0.3, 0.4) is 0 Å². The van der Waals surface area contributed by atoms with E-state index in [1.807, 2.05) is 40.1 Å². The van der Waals surface area contributed by atoms with Gasteiger partial charge in [-0.2, -0.15) is 0 Å². The van der Waals surface area contributed by atoms with E-state index in [2.05, 4.69) is 72.4 Å². The second-order valence-corrected chi connectivity index (χ2v) is 12.6. The highest BCUT2D eigenvalue weighted by Crippen LogP contribution is 2.49. The number of carbonyl (C=O) groups is 1. The molecular weight excluding hydrogens is 538 g/mol. The second kappa shape index (κ2) is 12.1. The van der Waals surface area contributed by atoms with Gasteiger partial charge in [0.15, 0.2) is 6.10 Å². The van der Waals surface area contributed by atoms with Crippen molar-refractivity contribution in [3.8, 4) is 11.1 Å². The van der Waals surface area contributed by atoms with E-state index in [4.69, 9.17) is 14.7 Å². The zero-order chi connectivity index (χ0) is 31.1. The Kier molecular flexibility index (Phi) is 8.63. The molecule has 8 heteroatoms. The summed E-state index contributed by atoms with van der Waals surface area (Å²) in [6.45, 7) is 20.7. The van der Waals surface area contributed by atoms with E-state index in [0.29, 0.717) is 18.1 Å². The van der Waals surface area contributed by atoms with Crippen LogP contribution in [0, 0.1) is 20.8 Å². The van der Waals surface area contributed by atoms with E-state index in [1.165, 1.54) is 0 Å². The van der Waals surface area contributed by atoms with Gasteiger partial charge in [0.05, 0.1) is 16.8 Å². The van der Waals surface area contributed by atoms with Gasteiger partial charge in [-0.25, -0.2) is 14.8 Å². The predicted octanol–water partition coefficient (Wildman–Crippen LogP) is 7.00. The van der Waals surface area contributed by atoms with Gasteiger partial charge in [0.25, 0.3) is 0 Å². The fraction of sp³-hybridized carbons (Fsp3) is 0.457. The maximum absolute atomic E-state index is 13.0. The molecule has 4 aromatic rings. The van der Waals surface area contributed by atoms with Crippen molar-refractivity contribution < 1.29 is 14.6 Å². The van der Waals surface area contributed by atoms with Gasteiger partial charge >= 0.3 is 5.97 Å². The van der Waals surface area contributed by atoms with Gasteiger partial charge in [0.2, 0.25) is 5.95 Å². The number of aliphatic carboxylic acids is 1. The van der Waals surface area contributed by atoms with Crippen LogP contribution in [-0.2, 0) is 22.5 Å². The molecule has 0 saturated heterocycles. The predicted molar refractivity (Wildman–Crippen MR) is 173 cm³/mol. The molecule has 2 aromatic heterocycles. The molecule has 228 valence electrons. The summed E-state index contributed by atoms with van der Waals surface area (Å²) in [5.74, 6) is -0.385. The highest BCUT2D eigenvalue weighted by molar-refractivity contribution is 6.08. The Hall–Kier alpha value is -3.75. The summed E-state index contributed by atoms with van der Waals surface area (Å²) in [6, 6.07) is 10.5. The van der Waals surface area contributed by atoms with Crippen molar-refractivity contribution in [3.05, 3.63) is 70.7 Å². The first kappa shape index (κ1) is 30.7. The number of aryl methyl sites for hydroxylation is 2. The Balaban J connectivity index is 1.72. The summed E-state index contributed by atoms with van der Waals surface area (Å²) in [5.41, 5.74) is 8.17. The molecule has 0 spiro atoms. The van der Waals surface area contributed by atoms with E-state index in [9.17, 15) is 9.90 Å². The summed E-state index contributed by atoms with van der Waals surface area (Å²) in [5, 5.41) is 11.6. The molecule has 2 aromatic carbocycles. The molecule has 0 amide bonds. The molecule has 0 fully saturated rings. The number of nitrogens with zero attached hydrogens (tertiary/aromatic N) is 5. The number of ether oxygens (including phenoxy) is 1. The second-order valence-electron chi connectivity index (χ2n) is 12.6. The number of benzene rings is 2. The van der Waals surface area contributed by atoms with E-state index >= 15 is 0 Å². The third-order valence-electron chi connectivity index (χ3n) is 8.49. The lowest BCUT2D eigenvalue weighted by atomic mass is 9.87. The lowest BCUT2D eigenvalue weighted by molar-refractivity contribution is -0.160. The maximum Gasteiger partial charge on any atom is 0.337 e. The first-order valence-electron chi connectivity index (χ1n) is 15.4. The number of carboxylic acid groups (broad SMARTS) is 1. The summed E-state index contributed by atoms with van der Waals surface area (Å²) in [4.78, 5) is 27.2. The molecule has 1 atom stereocenters. The fourth-order valence-corrected chi connectivity index (χ4v) is 6.28. The smallest absolute Gasteiger partial charge is 0.337 e. The van der Waals surface area contributed by atoms with Gasteiger partial charge in [-0.05, 0) is 89.4 Å². The first-order chi connectivity index (χ1) is 20.4. The number of likely N-dealkylation sites (N-methyl/N-ethyl adjacent to an activating group) is 1. The molecule has 0 radical (unpaired) electrons. The van der Waals surface area contributed by atoms with Crippen molar-refractivity contribution in [2.45, 2.75) is 80.1 Å². The third kappa shape index (κ3) is 6.04. The van der Waals surface area contributed by atoms with Gasteiger partial charge in [-0.15, -0.1) is 0 Å². The summed E-state index contributed by atoms with van der Waals surface area (Å²) >= 11 is 0. The zero-order valence-electron chi connectivity index (χ0n) is 26.9. The van der Waals surface area contributed by atoms with Crippen molar-refractivity contribution in [1.82, 2.24) is 19.4 Å². The Morgan fingerprint density at radius 1 is 1.05 bits per heavy atom. The number of anilines is 2. The molecule has 43 heavy (non-hydrogen) atoms. The number of rotatable bonds is 10. The Morgan fingerprint density at radius 3 is 2.28 bits per heavy atom. The van der Waals surface area contributed by atoms with E-state index in [-0.39, 0.29) is 0 Å². The molecule has 0 unspecified atom stereocenters. The molecule has 1 N–H and O–H groups in total. The van der Waals surface area contributed by atoms with Crippen LogP contribution in [0.1, 0.15) is 68.7 Å². The lowest BCUT2D eigenvalue weighted by Crippen LogP contribution is -2.32. The van der Waals surface area contributed by atoms with E-state index in [1.54, 1.807) is 0 Å². The molecule has 0 saturated carbocycles. The van der Waals surface area contributed by atoms with E-state index in [0.717, 1.165) is 82.7 Å². The quantitative estimate of drug-likeness (QED) is 0.215. The molecule has 1 aliphatic rings. The largest absolute Gasteiger partial charge is 0.479 e. The molecule has 8 nitrogen and oxygen atoms in total. The fourth-order valence-electron chi connectivity index (χ4n) is 6.28. The summed E-state index contributed by atoms with van der Waals surface area (Å²) in [7, 11) is 0. The minimum absolute atomic E-state index is 0.624. The normalized spacial score (nSPS) is 14.1. The molecule has 3 heterocycles. The van der Waals surface area contributed by atoms with Gasteiger partial charge in [0, 0.05) is 48.7 Å². The van der Waals surface area contributed by atoms with Crippen LogP contribution in [-0.4, -0.2) is 62.3 Å². The SMILES string of the molecule is CCN(CC)CCc1cnc(N2CCn3c(C)cc4c(-c5ccc(C)cc5)c([C@H](OC(C)(C)C)C(=O)O)c(C)c2c43)nc1. The minimum atomic E-state index is -1.16. The average Bonchev–Trinajstić information content (AvgIpc) is 3.30. The lowest BCUT2D eigenvalue weighted by Gasteiger charge is -2.35. The van der Waals surface area contributed by atoms with Gasteiger partial charge in [-0.1, -0.05) is 43.7 Å². The van der Waals surface area contributed by atoms with Crippen LogP contribution < -0.4 is 4.90 Å². The van der Waals surface area contributed by atoms with Crippen LogP contribution in [0.15, 0.2) is 42.7 Å². The summed E-state index contributed by atoms with van der Waals surface area (Å²) in [6.07, 6.45) is 3.60. The number of hydrogen-bond donors (Lipinski definition) is 1. The molecule has 0 bridgehead atoms. The Labute approximate surface area is 255 Å². The zero-order valence-corrected chi connectivity index (χ0v) is 26.9. The van der Waals surface area contributed by atoms with Crippen LogP contribution in [0.4, 0.5) is 11.6 Å². The number of hydrogen-bond acceptors (Lipinski definition) is 6. The number of carboxylic acids is 1. The molecule has 1 aliphatic heterocycles. The van der Waals surface area contributed by atoms with Crippen molar-refractivity contribution in [1.29, 1.82) is 0 Å². The number of aromatic nitrogens is 3. The van der Waals surface area contributed by atoms with E-state index < -0.39 is 17.7 Å². The van der Waals surface area contributed by atoms with Crippen LogP contribution in [0.5, 0.6) is 0 Å². The van der Waals surface area contributed by atoms with Gasteiger partial charge < -0.3 is 24.2 Å². The van der Waals surface area contributed by atoms with Crippen molar-refractivity contribution >= 4 is 28.5 Å². The van der Waals surface area contributed by atoms with Crippen LogP contribution in [0.2, 0.25) is 0 Å². The van der Waals surface area contributed by atoms with Gasteiger partial charge in [0.1, 0.15) is 0 Å². The third-order valence-corrected chi connectivity index (χ3v) is 8.49.